The van der Waals surface area contributed by atoms with Crippen molar-refractivity contribution in [1.29, 1.82) is 0 Å². The first-order valence-corrected chi connectivity index (χ1v) is 5.66. The zero-order valence-corrected chi connectivity index (χ0v) is 10.3. The molecule has 1 aromatic carbocycles. The van der Waals surface area contributed by atoms with Gasteiger partial charge in [0.05, 0.1) is 5.57 Å². The van der Waals surface area contributed by atoms with Gasteiger partial charge in [0.25, 0.3) is 0 Å². The van der Waals surface area contributed by atoms with Gasteiger partial charge in [-0.3, -0.25) is 0 Å². The molecule has 1 aromatic rings. The monoisotopic (exact) mass is 248 g/mol. The molecule has 0 amide bonds. The van der Waals surface area contributed by atoms with E-state index >= 15 is 0 Å². The molecule has 0 saturated heterocycles. The van der Waals surface area contributed by atoms with Crippen molar-refractivity contribution in [3.05, 3.63) is 47.5 Å². The topological polar surface area (TPSA) is 74.6 Å². The Balaban J connectivity index is 3.27. The summed E-state index contributed by atoms with van der Waals surface area (Å²) in [5.41, 5.74) is 0.714. The van der Waals surface area contributed by atoms with Crippen molar-refractivity contribution >= 4 is 11.9 Å². The third kappa shape index (κ3) is 3.45. The highest BCUT2D eigenvalue weighted by atomic mass is 16.4. The second-order valence-corrected chi connectivity index (χ2v) is 4.38. The molecular weight excluding hydrogens is 232 g/mol. The van der Waals surface area contributed by atoms with E-state index in [0.29, 0.717) is 0 Å². The first kappa shape index (κ1) is 14.0. The van der Waals surface area contributed by atoms with Crippen molar-refractivity contribution < 1.29 is 19.8 Å². The molecule has 1 unspecified atom stereocenters. The van der Waals surface area contributed by atoms with Crippen LogP contribution < -0.4 is 0 Å². The summed E-state index contributed by atoms with van der Waals surface area (Å²) in [5.74, 6) is -2.87. The summed E-state index contributed by atoms with van der Waals surface area (Å²) in [6, 6.07) is 9.07. The first-order chi connectivity index (χ1) is 8.43. The van der Waals surface area contributed by atoms with Crippen LogP contribution in [0, 0.1) is 5.92 Å². The Morgan fingerprint density at radius 2 is 1.67 bits per heavy atom. The summed E-state index contributed by atoms with van der Waals surface area (Å²) >= 11 is 0. The van der Waals surface area contributed by atoms with Crippen LogP contribution in [0.4, 0.5) is 0 Å². The summed E-state index contributed by atoms with van der Waals surface area (Å²) in [6.45, 7) is 3.74. The molecule has 1 rings (SSSR count). The molecule has 0 aliphatic rings. The van der Waals surface area contributed by atoms with Crippen molar-refractivity contribution in [3.63, 3.8) is 0 Å². The van der Waals surface area contributed by atoms with Gasteiger partial charge in [0.2, 0.25) is 0 Å². The van der Waals surface area contributed by atoms with Gasteiger partial charge in [-0.1, -0.05) is 44.2 Å². The average Bonchev–Trinajstić information content (AvgIpc) is 2.28. The minimum absolute atomic E-state index is 0.00546. The standard InChI is InChI=1S/C14H16O4/c1-9(2)13(10-6-4-3-5-7-10)11(14(17)18)8-12(15)16/h3-9,13H,1-2H3,(H,15,16)(H,17,18). The van der Waals surface area contributed by atoms with Gasteiger partial charge in [-0.2, -0.15) is 0 Å². The molecular formula is C14H16O4. The quantitative estimate of drug-likeness (QED) is 0.785. The van der Waals surface area contributed by atoms with Crippen LogP contribution in [-0.4, -0.2) is 22.2 Å². The van der Waals surface area contributed by atoms with Gasteiger partial charge in [0.15, 0.2) is 0 Å². The number of hydrogen-bond acceptors (Lipinski definition) is 2. The van der Waals surface area contributed by atoms with E-state index in [4.69, 9.17) is 5.11 Å². The Morgan fingerprint density at radius 3 is 2.06 bits per heavy atom. The van der Waals surface area contributed by atoms with Crippen LogP contribution in [0.2, 0.25) is 0 Å². The van der Waals surface area contributed by atoms with Crippen molar-refractivity contribution in [3.8, 4) is 0 Å². The van der Waals surface area contributed by atoms with E-state index in [1.54, 1.807) is 0 Å². The van der Waals surface area contributed by atoms with E-state index in [1.165, 1.54) is 0 Å². The van der Waals surface area contributed by atoms with Crippen LogP contribution in [-0.2, 0) is 9.59 Å². The lowest BCUT2D eigenvalue weighted by atomic mass is 9.82. The largest absolute Gasteiger partial charge is 0.478 e. The van der Waals surface area contributed by atoms with Gasteiger partial charge in [-0.15, -0.1) is 0 Å². The van der Waals surface area contributed by atoms with Crippen LogP contribution in [0.5, 0.6) is 0 Å². The van der Waals surface area contributed by atoms with E-state index in [0.717, 1.165) is 11.6 Å². The lowest BCUT2D eigenvalue weighted by Crippen LogP contribution is -2.17. The van der Waals surface area contributed by atoms with Crippen molar-refractivity contribution in [2.24, 2.45) is 5.92 Å². The lowest BCUT2D eigenvalue weighted by Gasteiger charge is -2.21. The van der Waals surface area contributed by atoms with Gasteiger partial charge in [0, 0.05) is 12.0 Å². The molecule has 1 atom stereocenters. The average molecular weight is 248 g/mol. The van der Waals surface area contributed by atoms with Gasteiger partial charge in [0.1, 0.15) is 0 Å². The molecule has 0 aromatic heterocycles. The maximum Gasteiger partial charge on any atom is 0.332 e. The molecule has 18 heavy (non-hydrogen) atoms. The molecule has 96 valence electrons. The second-order valence-electron chi connectivity index (χ2n) is 4.38. The summed E-state index contributed by atoms with van der Waals surface area (Å²) in [5, 5.41) is 17.9. The highest BCUT2D eigenvalue weighted by molar-refractivity contribution is 5.96. The molecule has 0 bridgehead atoms. The Morgan fingerprint density at radius 1 is 1.11 bits per heavy atom. The van der Waals surface area contributed by atoms with Crippen LogP contribution in [0.25, 0.3) is 0 Å². The van der Waals surface area contributed by atoms with Crippen molar-refractivity contribution in [2.75, 3.05) is 0 Å². The van der Waals surface area contributed by atoms with E-state index in [9.17, 15) is 14.7 Å². The normalized spacial score (nSPS) is 13.4. The van der Waals surface area contributed by atoms with Gasteiger partial charge < -0.3 is 10.2 Å². The maximum atomic E-state index is 11.2. The van der Waals surface area contributed by atoms with Crippen molar-refractivity contribution in [1.82, 2.24) is 0 Å². The second kappa shape index (κ2) is 6.00. The minimum atomic E-state index is -1.24. The Bertz CT molecular complexity index is 460. The number of rotatable bonds is 5. The van der Waals surface area contributed by atoms with E-state index < -0.39 is 17.9 Å². The molecule has 0 aliphatic carbocycles. The van der Waals surface area contributed by atoms with Gasteiger partial charge in [-0.25, -0.2) is 9.59 Å². The van der Waals surface area contributed by atoms with Crippen LogP contribution in [0.3, 0.4) is 0 Å². The highest BCUT2D eigenvalue weighted by Crippen LogP contribution is 2.31. The number of carboxylic acid groups (broad SMARTS) is 2. The fraction of sp³-hybridized carbons (Fsp3) is 0.286. The molecule has 4 nitrogen and oxygen atoms in total. The van der Waals surface area contributed by atoms with Crippen LogP contribution in [0.1, 0.15) is 25.3 Å². The fourth-order valence-corrected chi connectivity index (χ4v) is 2.00. The summed E-state index contributed by atoms with van der Waals surface area (Å²) in [7, 11) is 0. The number of benzene rings is 1. The summed E-state index contributed by atoms with van der Waals surface area (Å²) < 4.78 is 0. The van der Waals surface area contributed by atoms with Gasteiger partial charge in [-0.05, 0) is 11.5 Å². The molecule has 0 saturated carbocycles. The minimum Gasteiger partial charge on any atom is -0.478 e. The molecule has 0 aliphatic heterocycles. The first-order valence-electron chi connectivity index (χ1n) is 5.66. The maximum absolute atomic E-state index is 11.2. The lowest BCUT2D eigenvalue weighted by molar-refractivity contribution is -0.135. The van der Waals surface area contributed by atoms with Gasteiger partial charge >= 0.3 is 11.9 Å². The number of hydrogen-bond donors (Lipinski definition) is 2. The highest BCUT2D eigenvalue weighted by Gasteiger charge is 2.26. The van der Waals surface area contributed by atoms with Crippen LogP contribution >= 0.6 is 0 Å². The number of carbonyl (C=O) groups is 2. The zero-order valence-electron chi connectivity index (χ0n) is 10.3. The number of carboxylic acids is 2. The predicted molar refractivity (Wildman–Crippen MR) is 67.4 cm³/mol. The predicted octanol–water partition coefficient (Wildman–Crippen LogP) is 2.52. The van der Waals surface area contributed by atoms with E-state index in [2.05, 4.69) is 0 Å². The molecule has 0 spiro atoms. The molecule has 0 fully saturated rings. The smallest absolute Gasteiger partial charge is 0.332 e. The molecule has 0 heterocycles. The van der Waals surface area contributed by atoms with Crippen molar-refractivity contribution in [2.45, 2.75) is 19.8 Å². The SMILES string of the molecule is CC(C)C(C(=CC(=O)O)C(=O)O)c1ccccc1. The third-order valence-corrected chi connectivity index (χ3v) is 2.69. The zero-order chi connectivity index (χ0) is 13.7. The van der Waals surface area contributed by atoms with Crippen LogP contribution in [0.15, 0.2) is 42.0 Å². The van der Waals surface area contributed by atoms with E-state index in [-0.39, 0.29) is 11.5 Å². The Hall–Kier alpha value is -2.10. The Kier molecular flexibility index (Phi) is 4.66. The third-order valence-electron chi connectivity index (χ3n) is 2.69. The number of aliphatic carboxylic acids is 2. The van der Waals surface area contributed by atoms with E-state index in [1.807, 2.05) is 44.2 Å². The molecule has 2 N–H and O–H groups in total. The summed E-state index contributed by atoms with van der Waals surface area (Å²) in [4.78, 5) is 22.0. The Labute approximate surface area is 106 Å². The fourth-order valence-electron chi connectivity index (χ4n) is 2.00. The summed E-state index contributed by atoms with van der Waals surface area (Å²) in [6.07, 6.45) is 0.778. The molecule has 0 radical (unpaired) electrons. The molecule has 4 heteroatoms.